The Kier molecular flexibility index (Phi) is 5.39. The molecule has 130 valence electrons. The van der Waals surface area contributed by atoms with Gasteiger partial charge in [0.1, 0.15) is 0 Å². The van der Waals surface area contributed by atoms with Crippen LogP contribution in [0.25, 0.3) is 6.08 Å². The van der Waals surface area contributed by atoms with Crippen molar-refractivity contribution in [2.45, 2.75) is 12.6 Å². The summed E-state index contributed by atoms with van der Waals surface area (Å²) in [6, 6.07) is 5.29. The molecular formula is C18H20N4O3. The van der Waals surface area contributed by atoms with E-state index in [1.54, 1.807) is 29.4 Å². The van der Waals surface area contributed by atoms with Gasteiger partial charge < -0.3 is 10.4 Å². The molecule has 3 rings (SSSR count). The average molecular weight is 340 g/mol. The molecule has 0 saturated carbocycles. The number of hydrogen-bond acceptors (Lipinski definition) is 6. The molecule has 1 aromatic rings. The number of allylic oxidation sites excluding steroid dienone is 2. The van der Waals surface area contributed by atoms with Crippen molar-refractivity contribution in [1.29, 1.82) is 0 Å². The Labute approximate surface area is 145 Å². The van der Waals surface area contributed by atoms with Crippen molar-refractivity contribution < 1.29 is 10.0 Å². The maximum Gasteiger partial charge on any atom is 0.276 e. The molecule has 0 aromatic heterocycles. The molecule has 0 radical (unpaired) electrons. The molecule has 25 heavy (non-hydrogen) atoms. The SMILES string of the molecule is O=[N+]([O-])c1cc(CNCCO)ccc1/C=C/N1C=C2C=CC=CC2N1. The third-order valence-corrected chi connectivity index (χ3v) is 3.96. The minimum Gasteiger partial charge on any atom is -0.395 e. The van der Waals surface area contributed by atoms with Crippen LogP contribution in [0.5, 0.6) is 0 Å². The highest BCUT2D eigenvalue weighted by Crippen LogP contribution is 2.23. The van der Waals surface area contributed by atoms with E-state index in [1.165, 1.54) is 0 Å². The fourth-order valence-electron chi connectivity index (χ4n) is 2.71. The number of hydrogen-bond donors (Lipinski definition) is 3. The number of nitrogens with zero attached hydrogens (tertiary/aromatic N) is 2. The standard InChI is InChI=1S/C18H20N4O3/c23-10-8-19-12-14-5-6-15(18(11-14)22(24)25)7-9-21-13-16-3-1-2-4-17(16)20-21/h1-7,9,11,13,17,19-20,23H,8,10,12H2/b9-7+. The molecule has 2 aliphatic rings. The van der Waals surface area contributed by atoms with Gasteiger partial charge in [-0.15, -0.1) is 0 Å². The predicted molar refractivity (Wildman–Crippen MR) is 96.0 cm³/mol. The number of aliphatic hydroxyl groups is 1. The van der Waals surface area contributed by atoms with Crippen LogP contribution in [0.3, 0.4) is 0 Å². The molecule has 0 bridgehead atoms. The van der Waals surface area contributed by atoms with E-state index in [4.69, 9.17) is 5.11 Å². The Morgan fingerprint density at radius 2 is 2.28 bits per heavy atom. The summed E-state index contributed by atoms with van der Waals surface area (Å²) in [4.78, 5) is 11.0. The minimum atomic E-state index is -0.379. The van der Waals surface area contributed by atoms with Gasteiger partial charge in [-0.1, -0.05) is 30.4 Å². The summed E-state index contributed by atoms with van der Waals surface area (Å²) in [5.74, 6) is 0. The molecule has 0 saturated heterocycles. The van der Waals surface area contributed by atoms with E-state index in [2.05, 4.69) is 16.8 Å². The van der Waals surface area contributed by atoms with Crippen LogP contribution in [0.2, 0.25) is 0 Å². The van der Waals surface area contributed by atoms with E-state index in [9.17, 15) is 10.1 Å². The molecule has 0 amide bonds. The van der Waals surface area contributed by atoms with E-state index in [1.807, 2.05) is 30.5 Å². The Balaban J connectivity index is 1.73. The summed E-state index contributed by atoms with van der Waals surface area (Å²) in [7, 11) is 0. The maximum absolute atomic E-state index is 11.4. The first kappa shape index (κ1) is 17.1. The second-order valence-electron chi connectivity index (χ2n) is 5.75. The molecule has 3 N–H and O–H groups in total. The summed E-state index contributed by atoms with van der Waals surface area (Å²) < 4.78 is 0. The van der Waals surface area contributed by atoms with Gasteiger partial charge in [0.2, 0.25) is 0 Å². The fraction of sp³-hybridized carbons (Fsp3) is 0.222. The van der Waals surface area contributed by atoms with Crippen LogP contribution >= 0.6 is 0 Å². The first-order chi connectivity index (χ1) is 12.2. The van der Waals surface area contributed by atoms with Crippen LogP contribution in [-0.2, 0) is 6.54 Å². The van der Waals surface area contributed by atoms with Gasteiger partial charge in [-0.25, -0.2) is 5.43 Å². The number of nitrogens with one attached hydrogen (secondary N) is 2. The third kappa shape index (κ3) is 4.21. The first-order valence-corrected chi connectivity index (χ1v) is 8.05. The Hall–Kier alpha value is -2.74. The summed E-state index contributed by atoms with van der Waals surface area (Å²) in [5.41, 5.74) is 5.82. The molecule has 7 nitrogen and oxygen atoms in total. The van der Waals surface area contributed by atoms with Crippen molar-refractivity contribution in [3.8, 4) is 0 Å². The lowest BCUT2D eigenvalue weighted by Gasteiger charge is -2.14. The van der Waals surface area contributed by atoms with Crippen LogP contribution < -0.4 is 10.7 Å². The quantitative estimate of drug-likeness (QED) is 0.399. The second-order valence-corrected chi connectivity index (χ2v) is 5.75. The average Bonchev–Trinajstić information content (AvgIpc) is 3.03. The molecular weight excluding hydrogens is 320 g/mol. The molecule has 0 spiro atoms. The Bertz CT molecular complexity index is 768. The van der Waals surface area contributed by atoms with Crippen LogP contribution in [0.15, 0.2) is 60.5 Å². The Morgan fingerprint density at radius 3 is 3.04 bits per heavy atom. The number of benzene rings is 1. The molecule has 1 heterocycles. The van der Waals surface area contributed by atoms with Crippen molar-refractivity contribution in [2.75, 3.05) is 13.2 Å². The van der Waals surface area contributed by atoms with Crippen LogP contribution in [-0.4, -0.2) is 34.2 Å². The number of nitro groups is 1. The highest BCUT2D eigenvalue weighted by molar-refractivity contribution is 5.61. The van der Waals surface area contributed by atoms with Crippen LogP contribution in [0, 0.1) is 10.1 Å². The number of fused-ring (bicyclic) bond motifs is 1. The smallest absolute Gasteiger partial charge is 0.276 e. The van der Waals surface area contributed by atoms with Crippen molar-refractivity contribution in [2.24, 2.45) is 0 Å². The lowest BCUT2D eigenvalue weighted by molar-refractivity contribution is -0.385. The zero-order valence-electron chi connectivity index (χ0n) is 13.6. The second kappa shape index (κ2) is 7.89. The van der Waals surface area contributed by atoms with Gasteiger partial charge >= 0.3 is 0 Å². The molecule has 1 aromatic carbocycles. The molecule has 1 atom stereocenters. The topological polar surface area (TPSA) is 90.7 Å². The zero-order chi connectivity index (χ0) is 17.6. The number of rotatable bonds is 7. The first-order valence-electron chi connectivity index (χ1n) is 8.05. The fourth-order valence-corrected chi connectivity index (χ4v) is 2.71. The largest absolute Gasteiger partial charge is 0.395 e. The highest BCUT2D eigenvalue weighted by Gasteiger charge is 2.20. The van der Waals surface area contributed by atoms with Gasteiger partial charge in [-0.2, -0.15) is 0 Å². The van der Waals surface area contributed by atoms with Crippen LogP contribution in [0.1, 0.15) is 11.1 Å². The highest BCUT2D eigenvalue weighted by atomic mass is 16.6. The lowest BCUT2D eigenvalue weighted by Crippen LogP contribution is -2.31. The van der Waals surface area contributed by atoms with Crippen LogP contribution in [0.4, 0.5) is 5.69 Å². The Morgan fingerprint density at radius 1 is 1.40 bits per heavy atom. The van der Waals surface area contributed by atoms with Gasteiger partial charge in [-0.05, 0) is 23.3 Å². The van der Waals surface area contributed by atoms with Gasteiger partial charge in [-0.3, -0.25) is 15.1 Å². The van der Waals surface area contributed by atoms with E-state index < -0.39 is 0 Å². The van der Waals surface area contributed by atoms with Crippen molar-refractivity contribution in [1.82, 2.24) is 15.8 Å². The van der Waals surface area contributed by atoms with E-state index >= 15 is 0 Å². The molecule has 0 fully saturated rings. The summed E-state index contributed by atoms with van der Waals surface area (Å²) >= 11 is 0. The minimum absolute atomic E-state index is 0.0344. The third-order valence-electron chi connectivity index (χ3n) is 3.96. The van der Waals surface area contributed by atoms with Crippen molar-refractivity contribution in [3.05, 3.63) is 81.7 Å². The summed E-state index contributed by atoms with van der Waals surface area (Å²) in [6.07, 6.45) is 13.5. The van der Waals surface area contributed by atoms with Crippen molar-refractivity contribution >= 4 is 11.8 Å². The summed E-state index contributed by atoms with van der Waals surface area (Å²) in [5, 5.41) is 25.0. The number of hydrazine groups is 1. The zero-order valence-corrected chi connectivity index (χ0v) is 13.6. The van der Waals surface area contributed by atoms with Gasteiger partial charge in [0.05, 0.1) is 23.1 Å². The van der Waals surface area contributed by atoms with Gasteiger partial charge in [0.15, 0.2) is 0 Å². The molecule has 7 heteroatoms. The molecule has 1 aliphatic heterocycles. The predicted octanol–water partition coefficient (Wildman–Crippen LogP) is 1.85. The van der Waals surface area contributed by atoms with Crippen molar-refractivity contribution in [3.63, 3.8) is 0 Å². The monoisotopic (exact) mass is 340 g/mol. The lowest BCUT2D eigenvalue weighted by atomic mass is 10.1. The number of aliphatic hydroxyl groups excluding tert-OH is 1. The number of nitro benzene ring substituents is 1. The van der Waals surface area contributed by atoms with E-state index in [0.29, 0.717) is 18.7 Å². The van der Waals surface area contributed by atoms with E-state index in [0.717, 1.165) is 11.1 Å². The van der Waals surface area contributed by atoms with Gasteiger partial charge in [0, 0.05) is 31.6 Å². The molecule has 1 unspecified atom stereocenters. The van der Waals surface area contributed by atoms with E-state index in [-0.39, 0.29) is 23.3 Å². The maximum atomic E-state index is 11.4. The molecule has 1 aliphatic carbocycles. The summed E-state index contributed by atoms with van der Waals surface area (Å²) in [6.45, 7) is 0.965. The normalized spacial score (nSPS) is 18.7. The van der Waals surface area contributed by atoms with Gasteiger partial charge in [0.25, 0.3) is 5.69 Å².